The number of carbonyl (C=O) groups excluding carboxylic acids is 3. The molecule has 0 aliphatic heterocycles. The molecule has 4 heteroatoms. The van der Waals surface area contributed by atoms with E-state index in [0.717, 1.165) is 5.56 Å². The zero-order valence-corrected chi connectivity index (χ0v) is 15.0. The number of allylic oxidation sites excluding steroid dienone is 1. The smallest absolute Gasteiger partial charge is 0.212 e. The van der Waals surface area contributed by atoms with Gasteiger partial charge in [-0.25, -0.2) is 4.79 Å². The highest BCUT2D eigenvalue weighted by molar-refractivity contribution is 6.58. The SMILES string of the molecule is O=C=C(C(=O)c1ccccc1)C(=NCc1ccccc1)C(=O)c1ccccc1. The fourth-order valence-electron chi connectivity index (χ4n) is 2.68. The quantitative estimate of drug-likeness (QED) is 0.273. The van der Waals surface area contributed by atoms with Crippen LogP contribution in [0.15, 0.2) is 102 Å². The molecule has 0 amide bonds. The molecule has 0 aliphatic rings. The highest BCUT2D eigenvalue weighted by Gasteiger charge is 2.26. The molecule has 0 bridgehead atoms. The van der Waals surface area contributed by atoms with E-state index < -0.39 is 11.6 Å². The summed E-state index contributed by atoms with van der Waals surface area (Å²) in [4.78, 5) is 41.9. The van der Waals surface area contributed by atoms with Crippen molar-refractivity contribution < 1.29 is 14.4 Å². The van der Waals surface area contributed by atoms with E-state index in [1.165, 1.54) is 0 Å². The number of nitrogens with zero attached hydrogens (tertiary/aromatic N) is 1. The average Bonchev–Trinajstić information content (AvgIpc) is 2.77. The molecule has 3 rings (SSSR count). The van der Waals surface area contributed by atoms with Gasteiger partial charge in [0.25, 0.3) is 0 Å². The molecule has 0 heterocycles. The third-order valence-corrected chi connectivity index (χ3v) is 4.12. The van der Waals surface area contributed by atoms with Gasteiger partial charge in [-0.2, -0.15) is 0 Å². The second-order valence-electron chi connectivity index (χ2n) is 6.02. The summed E-state index contributed by atoms with van der Waals surface area (Å²) >= 11 is 0. The number of aliphatic imine (C=N–C) groups is 1. The molecule has 4 nitrogen and oxygen atoms in total. The Bertz CT molecular complexity index is 1050. The first-order chi connectivity index (χ1) is 13.7. The summed E-state index contributed by atoms with van der Waals surface area (Å²) in [5.41, 5.74) is 0.963. The van der Waals surface area contributed by atoms with E-state index in [-0.39, 0.29) is 17.8 Å². The van der Waals surface area contributed by atoms with Crippen LogP contribution in [0.25, 0.3) is 0 Å². The van der Waals surface area contributed by atoms with E-state index >= 15 is 0 Å². The number of hydrogen-bond acceptors (Lipinski definition) is 4. The first kappa shape index (κ1) is 18.9. The van der Waals surface area contributed by atoms with Crippen LogP contribution in [0.5, 0.6) is 0 Å². The van der Waals surface area contributed by atoms with Gasteiger partial charge in [-0.15, -0.1) is 0 Å². The lowest BCUT2D eigenvalue weighted by atomic mass is 9.95. The summed E-state index contributed by atoms with van der Waals surface area (Å²) in [5, 5.41) is 0. The van der Waals surface area contributed by atoms with Crippen LogP contribution in [0.1, 0.15) is 26.3 Å². The maximum Gasteiger partial charge on any atom is 0.212 e. The third-order valence-electron chi connectivity index (χ3n) is 4.12. The first-order valence-corrected chi connectivity index (χ1v) is 8.74. The Morgan fingerprint density at radius 2 is 1.14 bits per heavy atom. The van der Waals surface area contributed by atoms with Crippen LogP contribution in [-0.4, -0.2) is 23.2 Å². The molecule has 28 heavy (non-hydrogen) atoms. The molecule has 0 spiro atoms. The Balaban J connectivity index is 2.03. The van der Waals surface area contributed by atoms with Crippen molar-refractivity contribution in [2.75, 3.05) is 0 Å². The standard InChI is InChI=1S/C24H17NO3/c26-17-21(23(27)19-12-6-2-7-13-19)22(24(28)20-14-8-3-9-15-20)25-16-18-10-4-1-5-11-18/h1-15H,16H2. The zero-order valence-electron chi connectivity index (χ0n) is 15.0. The van der Waals surface area contributed by atoms with Crippen LogP contribution in [0.2, 0.25) is 0 Å². The van der Waals surface area contributed by atoms with Crippen LogP contribution in [0.3, 0.4) is 0 Å². The van der Waals surface area contributed by atoms with Crippen LogP contribution in [0, 0.1) is 0 Å². The van der Waals surface area contributed by atoms with E-state index in [1.807, 2.05) is 30.3 Å². The third kappa shape index (κ3) is 4.44. The van der Waals surface area contributed by atoms with Crippen LogP contribution < -0.4 is 0 Å². The maximum atomic E-state index is 13.0. The lowest BCUT2D eigenvalue weighted by Gasteiger charge is -2.08. The zero-order chi connectivity index (χ0) is 19.8. The van der Waals surface area contributed by atoms with Crippen molar-refractivity contribution >= 4 is 23.2 Å². The van der Waals surface area contributed by atoms with Crippen LogP contribution in [0.4, 0.5) is 0 Å². The summed E-state index contributed by atoms with van der Waals surface area (Å²) in [5.74, 6) is 0.589. The lowest BCUT2D eigenvalue weighted by molar-refractivity contribution is 0.102. The van der Waals surface area contributed by atoms with Crippen molar-refractivity contribution in [1.29, 1.82) is 0 Å². The van der Waals surface area contributed by atoms with Crippen molar-refractivity contribution in [3.8, 4) is 0 Å². The summed E-state index contributed by atoms with van der Waals surface area (Å²) in [6.07, 6.45) is 0. The Hall–Kier alpha value is -3.88. The molecule has 0 aromatic heterocycles. The molecule has 0 saturated carbocycles. The van der Waals surface area contributed by atoms with Crippen LogP contribution in [-0.2, 0) is 11.3 Å². The fraction of sp³-hybridized carbons (Fsp3) is 0.0417. The number of benzene rings is 3. The van der Waals surface area contributed by atoms with Gasteiger partial charge in [0.05, 0.1) is 6.54 Å². The molecular weight excluding hydrogens is 350 g/mol. The molecule has 0 aliphatic carbocycles. The van der Waals surface area contributed by atoms with Crippen molar-refractivity contribution in [3.05, 3.63) is 113 Å². The average molecular weight is 367 g/mol. The van der Waals surface area contributed by atoms with Gasteiger partial charge in [-0.1, -0.05) is 91.0 Å². The van der Waals surface area contributed by atoms with E-state index in [4.69, 9.17) is 0 Å². The Morgan fingerprint density at radius 1 is 0.679 bits per heavy atom. The number of hydrogen-bond donors (Lipinski definition) is 0. The van der Waals surface area contributed by atoms with Gasteiger partial charge in [-0.3, -0.25) is 14.6 Å². The normalized spacial score (nSPS) is 10.8. The van der Waals surface area contributed by atoms with Gasteiger partial charge < -0.3 is 0 Å². The lowest BCUT2D eigenvalue weighted by Crippen LogP contribution is -2.23. The van der Waals surface area contributed by atoms with E-state index in [9.17, 15) is 14.4 Å². The van der Waals surface area contributed by atoms with Gasteiger partial charge in [0.2, 0.25) is 11.6 Å². The number of Topliss-reactive ketones (excluding diaryl/α,β-unsaturated/α-hetero) is 2. The second kappa shape index (κ2) is 9.17. The van der Waals surface area contributed by atoms with Gasteiger partial charge in [-0.05, 0) is 5.56 Å². The number of ketones is 2. The van der Waals surface area contributed by atoms with Gasteiger partial charge in [0, 0.05) is 11.1 Å². The van der Waals surface area contributed by atoms with E-state index in [1.54, 1.807) is 66.6 Å². The Labute approximate surface area is 162 Å². The molecule has 0 saturated heterocycles. The molecular formula is C24H17NO3. The fourth-order valence-corrected chi connectivity index (χ4v) is 2.68. The van der Waals surface area contributed by atoms with Crippen molar-refractivity contribution in [3.63, 3.8) is 0 Å². The van der Waals surface area contributed by atoms with E-state index in [0.29, 0.717) is 11.1 Å². The molecule has 0 N–H and O–H groups in total. The summed E-state index contributed by atoms with van der Waals surface area (Å²) in [6, 6.07) is 26.1. The highest BCUT2D eigenvalue weighted by Crippen LogP contribution is 2.14. The predicted molar refractivity (Wildman–Crippen MR) is 108 cm³/mol. The topological polar surface area (TPSA) is 63.6 Å². The highest BCUT2D eigenvalue weighted by atomic mass is 16.1. The number of carbonyl (C=O) groups is 2. The first-order valence-electron chi connectivity index (χ1n) is 8.74. The molecule has 3 aromatic carbocycles. The Kier molecular flexibility index (Phi) is 6.19. The minimum atomic E-state index is -0.577. The molecule has 0 atom stereocenters. The Morgan fingerprint density at radius 3 is 1.64 bits per heavy atom. The minimum Gasteiger partial charge on any atom is -0.288 e. The van der Waals surface area contributed by atoms with Gasteiger partial charge in [0.1, 0.15) is 17.2 Å². The molecule has 136 valence electrons. The minimum absolute atomic E-state index is 0.169. The second-order valence-corrected chi connectivity index (χ2v) is 6.02. The molecule has 0 unspecified atom stereocenters. The van der Waals surface area contributed by atoms with Gasteiger partial charge in [0.15, 0.2) is 0 Å². The maximum absolute atomic E-state index is 13.0. The largest absolute Gasteiger partial charge is 0.288 e. The van der Waals surface area contributed by atoms with Crippen molar-refractivity contribution in [1.82, 2.24) is 0 Å². The van der Waals surface area contributed by atoms with Gasteiger partial charge >= 0.3 is 0 Å². The monoisotopic (exact) mass is 367 g/mol. The summed E-state index contributed by atoms with van der Waals surface area (Å²) < 4.78 is 0. The van der Waals surface area contributed by atoms with Crippen molar-refractivity contribution in [2.24, 2.45) is 4.99 Å². The molecule has 3 aromatic rings. The molecule has 0 fully saturated rings. The summed E-state index contributed by atoms with van der Waals surface area (Å²) in [6.45, 7) is 0.169. The summed E-state index contributed by atoms with van der Waals surface area (Å²) in [7, 11) is 0. The predicted octanol–water partition coefficient (Wildman–Crippen LogP) is 4.15. The van der Waals surface area contributed by atoms with Crippen molar-refractivity contribution in [2.45, 2.75) is 6.54 Å². The van der Waals surface area contributed by atoms with E-state index in [2.05, 4.69) is 4.99 Å². The molecule has 0 radical (unpaired) electrons. The number of rotatable bonds is 7. The van der Waals surface area contributed by atoms with Crippen LogP contribution >= 0.6 is 0 Å².